The Morgan fingerprint density at radius 3 is 1.88 bits per heavy atom. The molecule has 540 valence electrons. The molecule has 4 unspecified atom stereocenters. The third-order valence-corrected chi connectivity index (χ3v) is 21.8. The zero-order chi connectivity index (χ0) is 72.9. The number of aromatic nitrogens is 6. The van der Waals surface area contributed by atoms with E-state index in [2.05, 4.69) is 61.3 Å². The summed E-state index contributed by atoms with van der Waals surface area (Å²) in [7, 11) is -1.06. The predicted octanol–water partition coefficient (Wildman–Crippen LogP) is 13.0. The minimum Gasteiger partial charge on any atom is -0.497 e. The van der Waals surface area contributed by atoms with Gasteiger partial charge in [-0.15, -0.1) is 0 Å². The van der Waals surface area contributed by atoms with Gasteiger partial charge in [-0.1, -0.05) is 115 Å². The molecule has 2 saturated heterocycles. The summed E-state index contributed by atoms with van der Waals surface area (Å²) < 4.78 is 76.9. The lowest BCUT2D eigenvalue weighted by Crippen LogP contribution is -2.38. The van der Waals surface area contributed by atoms with Crippen LogP contribution in [0.15, 0.2) is 180 Å². The largest absolute Gasteiger partial charge is 0.497 e. The SMILES string of the molecule is COc1ccc(C(OC[C@H]2O[C@@H](n3cc(C)c(=O)[nH]c3=O)CC2OP(OCCC#N)OC[C@H]2O[C@@H](n3cnc4c(NC(=O)c5ccc(CCC(=O)OCC6c7ccccc7-c7ccccc76)cc5)ncnc43)CC2OP(OCCC#N)N(C(C)C)C(C)C)(c2ccccc2)c2ccc(OC)cc2)cc1. The van der Waals surface area contributed by atoms with Gasteiger partial charge < -0.3 is 56.4 Å². The van der Waals surface area contributed by atoms with E-state index in [0.29, 0.717) is 29.1 Å². The summed E-state index contributed by atoms with van der Waals surface area (Å²) in [5, 5.41) is 22.4. The van der Waals surface area contributed by atoms with Crippen molar-refractivity contribution < 1.29 is 60.6 Å². The maximum absolute atomic E-state index is 14.0. The van der Waals surface area contributed by atoms with Crippen LogP contribution in [0.4, 0.5) is 5.82 Å². The lowest BCUT2D eigenvalue weighted by molar-refractivity contribution is -0.143. The van der Waals surface area contributed by atoms with E-state index in [1.54, 1.807) is 56.3 Å². The second-order valence-electron chi connectivity index (χ2n) is 25.7. The van der Waals surface area contributed by atoms with Gasteiger partial charge in [0.15, 0.2) is 17.0 Å². The monoisotopic (exact) mass is 1450 g/mol. The van der Waals surface area contributed by atoms with Gasteiger partial charge in [0.05, 0.1) is 84.2 Å². The van der Waals surface area contributed by atoms with Gasteiger partial charge in [0.2, 0.25) is 0 Å². The molecule has 12 rings (SSSR count). The molecule has 2 aliphatic heterocycles. The number of imidazole rings is 1. The number of aryl methyl sites for hydroxylation is 2. The predicted molar refractivity (Wildman–Crippen MR) is 388 cm³/mol. The molecule has 3 aliphatic rings. The number of amides is 1. The van der Waals surface area contributed by atoms with E-state index in [9.17, 15) is 29.7 Å². The number of carbonyl (C=O) groups excluding carboxylic acids is 2. The molecule has 27 heteroatoms. The molecule has 0 saturated carbocycles. The molecule has 2 fully saturated rings. The number of rotatable bonds is 33. The first-order valence-corrected chi connectivity index (χ1v) is 36.7. The third-order valence-electron chi connectivity index (χ3n) is 18.4. The van der Waals surface area contributed by atoms with Crippen molar-refractivity contribution in [3.05, 3.63) is 236 Å². The van der Waals surface area contributed by atoms with E-state index in [1.807, 2.05) is 131 Å². The molecule has 6 aromatic carbocycles. The van der Waals surface area contributed by atoms with Crippen LogP contribution in [0.2, 0.25) is 0 Å². The van der Waals surface area contributed by atoms with Crippen LogP contribution in [0.5, 0.6) is 11.5 Å². The van der Waals surface area contributed by atoms with Crippen LogP contribution in [0.25, 0.3) is 22.3 Å². The van der Waals surface area contributed by atoms with E-state index in [1.165, 1.54) is 17.1 Å². The average molecular weight is 1450 g/mol. The summed E-state index contributed by atoms with van der Waals surface area (Å²) in [6.45, 7) is 9.63. The number of methoxy groups -OCH3 is 2. The van der Waals surface area contributed by atoms with Crippen molar-refractivity contribution in [3.63, 3.8) is 0 Å². The molecule has 0 radical (unpaired) electrons. The highest BCUT2D eigenvalue weighted by molar-refractivity contribution is 7.44. The zero-order valence-electron chi connectivity index (χ0n) is 58.7. The minimum absolute atomic E-state index is 0.0205. The highest BCUT2D eigenvalue weighted by Crippen LogP contribution is 2.53. The molecule has 3 aromatic heterocycles. The molecule has 0 spiro atoms. The van der Waals surface area contributed by atoms with Crippen molar-refractivity contribution in [1.29, 1.82) is 10.5 Å². The van der Waals surface area contributed by atoms with Gasteiger partial charge >= 0.3 is 20.3 Å². The third kappa shape index (κ3) is 16.9. The maximum Gasteiger partial charge on any atom is 0.333 e. The van der Waals surface area contributed by atoms with E-state index >= 15 is 0 Å². The van der Waals surface area contributed by atoms with Gasteiger partial charge in [0.25, 0.3) is 20.0 Å². The number of aromatic amines is 1. The average Bonchev–Trinajstić information content (AvgIpc) is 0.939. The number of anilines is 1. The Morgan fingerprint density at radius 1 is 0.683 bits per heavy atom. The topological polar surface area (TPSA) is 297 Å². The van der Waals surface area contributed by atoms with Crippen LogP contribution in [0.3, 0.4) is 0 Å². The Kier molecular flexibility index (Phi) is 24.6. The van der Waals surface area contributed by atoms with Gasteiger partial charge in [0, 0.05) is 54.6 Å². The lowest BCUT2D eigenvalue weighted by atomic mass is 9.80. The number of ether oxygens (including phenoxy) is 6. The summed E-state index contributed by atoms with van der Waals surface area (Å²) in [5.74, 6) is 0.601. The molecule has 104 heavy (non-hydrogen) atoms. The first-order valence-electron chi connectivity index (χ1n) is 34.5. The number of nitriles is 2. The number of esters is 1. The fourth-order valence-corrected chi connectivity index (χ4v) is 16.3. The fourth-order valence-electron chi connectivity index (χ4n) is 13.4. The molecule has 0 bridgehead atoms. The second-order valence-corrected chi connectivity index (χ2v) is 28.3. The first-order chi connectivity index (χ1) is 50.6. The number of hydrogen-bond donors (Lipinski definition) is 2. The van der Waals surface area contributed by atoms with Crippen molar-refractivity contribution in [3.8, 4) is 34.8 Å². The molecule has 1 amide bonds. The van der Waals surface area contributed by atoms with Crippen LogP contribution in [-0.2, 0) is 58.4 Å². The number of nitrogens with zero attached hydrogens (tertiary/aromatic N) is 8. The van der Waals surface area contributed by atoms with E-state index in [4.69, 9.17) is 56.0 Å². The van der Waals surface area contributed by atoms with Gasteiger partial charge in [-0.2, -0.15) is 10.5 Å². The molecular formula is C77H82N10O15P2. The summed E-state index contributed by atoms with van der Waals surface area (Å²) in [4.78, 5) is 69.8. The lowest BCUT2D eigenvalue weighted by Gasteiger charge is -2.37. The summed E-state index contributed by atoms with van der Waals surface area (Å²) >= 11 is 0. The zero-order valence-corrected chi connectivity index (χ0v) is 60.5. The maximum atomic E-state index is 14.0. The number of benzene rings is 6. The number of carbonyl (C=O) groups is 2. The van der Waals surface area contributed by atoms with Gasteiger partial charge in [0.1, 0.15) is 54.7 Å². The Labute approximate surface area is 604 Å². The van der Waals surface area contributed by atoms with Crippen molar-refractivity contribution >= 4 is 46.0 Å². The molecule has 25 nitrogen and oxygen atoms in total. The Morgan fingerprint density at radius 2 is 1.26 bits per heavy atom. The quantitative estimate of drug-likeness (QED) is 0.0167. The normalized spacial score (nSPS) is 18.5. The van der Waals surface area contributed by atoms with Crippen LogP contribution >= 0.6 is 17.1 Å². The summed E-state index contributed by atoms with van der Waals surface area (Å²) in [6.07, 6.45) is -0.0826. The van der Waals surface area contributed by atoms with Gasteiger partial charge in [-0.05, 0) is 122 Å². The van der Waals surface area contributed by atoms with Crippen LogP contribution in [0.1, 0.15) is 127 Å². The fraction of sp³-hybridized carbons (Fsp3) is 0.364. The summed E-state index contributed by atoms with van der Waals surface area (Å²) in [5.41, 5.74) is 6.42. The Hall–Kier alpha value is -9.43. The molecule has 8 atom stereocenters. The number of fused-ring (bicyclic) bond motifs is 4. The number of H-pyrrole nitrogens is 1. The van der Waals surface area contributed by atoms with Crippen molar-refractivity contribution in [2.24, 2.45) is 0 Å². The van der Waals surface area contributed by atoms with Gasteiger partial charge in [-0.25, -0.2) is 24.4 Å². The standard InChI is InChI=1S/C77H82N10O15P2/c1-49(2)87(50(3)4)103(96-39-15-37-78)101-64-41-69(86-48-82-71-72(80-47-81-73(71)86)83-75(90)53-26-23-52(24-27-53)25-36-70(88)94-44-63-61-21-13-11-19-59(61)60-20-12-14-22-62(60)63)100-67(64)46-98-104(97-40-16-38-79)102-65-42-68(85-43-51(5)74(89)84-76(85)91)99-66(65)45-95-77(54-17-9-8-10-18-54,55-28-32-57(92-6)33-29-55)56-30-34-58(93-7)35-31-56/h8-14,17-24,26-35,43,47-50,63-69H,15-16,25,36,39-42,44-46H2,1-7H3,(H,84,89,91)(H,80,81,83,90)/t64?,65?,66-,67-,68-,69-,103?,104?/m1/s1. The van der Waals surface area contributed by atoms with E-state index in [-0.39, 0.29) is 106 Å². The molecule has 2 N–H and O–H groups in total. The smallest absolute Gasteiger partial charge is 0.333 e. The second kappa shape index (κ2) is 34.4. The van der Waals surface area contributed by atoms with Crippen LogP contribution in [0, 0.1) is 29.6 Å². The van der Waals surface area contributed by atoms with Crippen LogP contribution in [-0.4, -0.2) is 129 Å². The highest BCUT2D eigenvalue weighted by Gasteiger charge is 2.47. The Bertz CT molecular complexity index is 4530. The summed E-state index contributed by atoms with van der Waals surface area (Å²) in [6, 6.07) is 52.5. The number of hydrogen-bond acceptors (Lipinski definition) is 21. The molecule has 5 heterocycles. The van der Waals surface area contributed by atoms with Crippen molar-refractivity contribution in [2.75, 3.05) is 52.6 Å². The molecular weight excluding hydrogens is 1370 g/mol. The van der Waals surface area contributed by atoms with Crippen LogP contribution < -0.4 is 26.0 Å². The van der Waals surface area contributed by atoms with Crippen molar-refractivity contribution in [1.82, 2.24) is 33.7 Å². The highest BCUT2D eigenvalue weighted by atomic mass is 31.2. The molecule has 1 aliphatic carbocycles. The van der Waals surface area contributed by atoms with Gasteiger partial charge in [-0.3, -0.25) is 28.5 Å². The first kappa shape index (κ1) is 74.3. The van der Waals surface area contributed by atoms with E-state index < -0.39 is 76.8 Å². The minimum atomic E-state index is -2.41. The Balaban J connectivity index is 0.787. The number of nitrogens with one attached hydrogen (secondary N) is 2. The van der Waals surface area contributed by atoms with E-state index in [0.717, 1.165) is 44.5 Å². The van der Waals surface area contributed by atoms with Crippen molar-refractivity contribution in [2.45, 2.75) is 134 Å². The molecule has 9 aromatic rings.